The van der Waals surface area contributed by atoms with Gasteiger partial charge in [0.05, 0.1) is 16.0 Å². The highest BCUT2D eigenvalue weighted by molar-refractivity contribution is 8.18. The maximum absolute atomic E-state index is 13.4. The fourth-order valence-corrected chi connectivity index (χ4v) is 4.86. The van der Waals surface area contributed by atoms with Crippen LogP contribution in [0.1, 0.15) is 36.5 Å². The smallest absolute Gasteiger partial charge is 0.347 e. The average Bonchev–Trinajstić information content (AvgIpc) is 3.11. The summed E-state index contributed by atoms with van der Waals surface area (Å²) in [5.41, 5.74) is -2.82. The van der Waals surface area contributed by atoms with Crippen molar-refractivity contribution in [3.05, 3.63) is 45.9 Å². The van der Waals surface area contributed by atoms with Gasteiger partial charge in [-0.1, -0.05) is 12.1 Å². The Morgan fingerprint density at radius 3 is 2.39 bits per heavy atom. The van der Waals surface area contributed by atoms with Gasteiger partial charge in [0.15, 0.2) is 0 Å². The number of carbonyl (C=O) groups excluding carboxylic acids is 2. The summed E-state index contributed by atoms with van der Waals surface area (Å²) in [6.07, 6.45) is -6.72. The number of likely N-dealkylation sites (N-methyl/N-ethyl adjacent to an activating group) is 1. The van der Waals surface area contributed by atoms with Crippen LogP contribution in [0.25, 0.3) is 0 Å². The molecule has 13 heteroatoms. The van der Waals surface area contributed by atoms with Crippen LogP contribution in [-0.4, -0.2) is 60.0 Å². The molecule has 1 aromatic rings. The van der Waals surface area contributed by atoms with Gasteiger partial charge in [-0.15, -0.1) is 0 Å². The molecule has 2 saturated heterocycles. The van der Waals surface area contributed by atoms with Gasteiger partial charge in [0.25, 0.3) is 5.24 Å². The van der Waals surface area contributed by atoms with Gasteiger partial charge >= 0.3 is 12.4 Å². The van der Waals surface area contributed by atoms with E-state index >= 15 is 0 Å². The fourth-order valence-electron chi connectivity index (χ4n) is 4.05. The van der Waals surface area contributed by atoms with E-state index in [0.29, 0.717) is 42.7 Å². The van der Waals surface area contributed by atoms with Crippen molar-refractivity contribution in [2.24, 2.45) is 10.9 Å². The molecule has 1 aromatic carbocycles. The topological polar surface area (TPSA) is 65.0 Å². The van der Waals surface area contributed by atoms with Crippen molar-refractivity contribution in [1.29, 1.82) is 0 Å². The Balaban J connectivity index is 1.68. The van der Waals surface area contributed by atoms with Crippen molar-refractivity contribution >= 4 is 28.7 Å². The molecule has 0 radical (unpaired) electrons. The lowest BCUT2D eigenvalue weighted by atomic mass is 9.95. The molecule has 0 aromatic heterocycles. The number of nitrogens with one attached hydrogen (secondary N) is 1. The molecule has 0 bridgehead atoms. The zero-order chi connectivity index (χ0) is 26.8. The Bertz CT molecular complexity index is 1060. The van der Waals surface area contributed by atoms with Gasteiger partial charge in [-0.3, -0.25) is 19.5 Å². The average molecular weight is 537 g/mol. The minimum atomic E-state index is -4.90. The van der Waals surface area contributed by atoms with Crippen molar-refractivity contribution < 1.29 is 35.9 Å². The Kier molecular flexibility index (Phi) is 8.44. The molecule has 0 saturated carbocycles. The number of rotatable bonds is 5. The molecular weight excluding hydrogens is 510 g/mol. The van der Waals surface area contributed by atoms with Crippen LogP contribution >= 0.6 is 11.8 Å². The number of amides is 2. The zero-order valence-corrected chi connectivity index (χ0v) is 20.7. The molecule has 1 N–H and O–H groups in total. The molecule has 3 rings (SSSR count). The molecule has 198 valence electrons. The second-order valence-electron chi connectivity index (χ2n) is 8.91. The Morgan fingerprint density at radius 1 is 1.19 bits per heavy atom. The number of nitrogens with zero attached hydrogens (tertiary/aromatic N) is 3. The highest BCUT2D eigenvalue weighted by atomic mass is 32.2. The molecule has 2 heterocycles. The van der Waals surface area contributed by atoms with E-state index < -0.39 is 29.5 Å². The first-order valence-corrected chi connectivity index (χ1v) is 12.0. The molecule has 0 spiro atoms. The van der Waals surface area contributed by atoms with Crippen molar-refractivity contribution in [3.63, 3.8) is 0 Å². The zero-order valence-electron chi connectivity index (χ0n) is 19.8. The minimum Gasteiger partial charge on any atom is -0.347 e. The number of alkyl halides is 6. The lowest BCUT2D eigenvalue weighted by Gasteiger charge is -2.31. The first kappa shape index (κ1) is 28.0. The predicted octanol–water partition coefficient (Wildman–Crippen LogP) is 5.15. The number of halogens is 6. The third-order valence-electron chi connectivity index (χ3n) is 5.93. The van der Waals surface area contributed by atoms with E-state index in [0.717, 1.165) is 17.8 Å². The maximum atomic E-state index is 13.4. The van der Waals surface area contributed by atoms with Crippen molar-refractivity contribution in [1.82, 2.24) is 15.1 Å². The van der Waals surface area contributed by atoms with Crippen LogP contribution in [0.3, 0.4) is 0 Å². The lowest BCUT2D eigenvalue weighted by molar-refractivity contribution is -0.143. The van der Waals surface area contributed by atoms with E-state index in [-0.39, 0.29) is 35.2 Å². The highest BCUT2D eigenvalue weighted by Gasteiger charge is 2.38. The lowest BCUT2D eigenvalue weighted by Crippen LogP contribution is -2.34. The highest BCUT2D eigenvalue weighted by Crippen LogP contribution is 2.38. The molecule has 1 atom stereocenters. The van der Waals surface area contributed by atoms with Gasteiger partial charge < -0.3 is 10.2 Å². The first-order chi connectivity index (χ1) is 16.6. The summed E-state index contributed by atoms with van der Waals surface area (Å²) >= 11 is 0.966. The summed E-state index contributed by atoms with van der Waals surface area (Å²) in [5, 5.41) is 2.32. The van der Waals surface area contributed by atoms with Gasteiger partial charge in [-0.25, -0.2) is 0 Å². The van der Waals surface area contributed by atoms with Gasteiger partial charge in [0.1, 0.15) is 11.9 Å². The van der Waals surface area contributed by atoms with Crippen LogP contribution in [0.15, 0.2) is 34.2 Å². The standard InChI is InChI=1S/C23H26F6N4O2S/c1-13(20(34)32(2)3)30-19-18(36-21(35)31-19)10-14-6-8-33(9-7-14)12-15-4-5-16(22(24,25)26)11-17(15)23(27,28)29/h4-5,10-11,13-14H,6-9,12H2,1-3H3,(H,30,31,35)/b18-10-/t13-/m0/s1. The van der Waals surface area contributed by atoms with Crippen molar-refractivity contribution in [3.8, 4) is 0 Å². The second kappa shape index (κ2) is 10.8. The first-order valence-electron chi connectivity index (χ1n) is 11.1. The molecular formula is C23H26F6N4O2S. The summed E-state index contributed by atoms with van der Waals surface area (Å²) in [6, 6.07) is 1.04. The summed E-state index contributed by atoms with van der Waals surface area (Å²) in [5.74, 6) is 0.119. The Hall–Kier alpha value is -2.54. The number of piperidine rings is 1. The monoisotopic (exact) mass is 536 g/mol. The van der Waals surface area contributed by atoms with E-state index in [1.807, 2.05) is 6.08 Å². The summed E-state index contributed by atoms with van der Waals surface area (Å²) < 4.78 is 79.1. The van der Waals surface area contributed by atoms with Gasteiger partial charge in [-0.05, 0) is 68.2 Å². The largest absolute Gasteiger partial charge is 0.416 e. The minimum absolute atomic E-state index is 0.0243. The van der Waals surface area contributed by atoms with Crippen LogP contribution in [-0.2, 0) is 23.7 Å². The van der Waals surface area contributed by atoms with E-state index in [1.165, 1.54) is 4.90 Å². The van der Waals surface area contributed by atoms with Crippen LogP contribution < -0.4 is 5.32 Å². The number of aliphatic imine (C=N–C) groups is 1. The van der Waals surface area contributed by atoms with Crippen LogP contribution in [0.2, 0.25) is 0 Å². The number of hydrogen-bond donors (Lipinski definition) is 1. The van der Waals surface area contributed by atoms with Crippen molar-refractivity contribution in [2.45, 2.75) is 44.7 Å². The number of hydrogen-bond acceptors (Lipinski definition) is 5. The number of benzene rings is 1. The summed E-state index contributed by atoms with van der Waals surface area (Å²) in [6.45, 7) is 2.36. The predicted molar refractivity (Wildman–Crippen MR) is 124 cm³/mol. The second-order valence-corrected chi connectivity index (χ2v) is 9.93. The normalized spacial score (nSPS) is 21.2. The number of amidine groups is 1. The van der Waals surface area contributed by atoms with E-state index in [4.69, 9.17) is 0 Å². The number of carbonyl (C=O) groups is 2. The molecule has 0 aliphatic carbocycles. The molecule has 2 amide bonds. The van der Waals surface area contributed by atoms with Gasteiger partial charge in [0.2, 0.25) is 5.91 Å². The van der Waals surface area contributed by atoms with Crippen LogP contribution in [0.4, 0.5) is 31.1 Å². The molecule has 2 fully saturated rings. The molecule has 0 unspecified atom stereocenters. The number of allylic oxidation sites excluding steroid dienone is 1. The van der Waals surface area contributed by atoms with Gasteiger partial charge in [0, 0.05) is 20.6 Å². The molecule has 36 heavy (non-hydrogen) atoms. The summed E-state index contributed by atoms with van der Waals surface area (Å²) in [7, 11) is 3.21. The number of likely N-dealkylation sites (tertiary alicyclic amines) is 1. The van der Waals surface area contributed by atoms with E-state index in [2.05, 4.69) is 10.3 Å². The van der Waals surface area contributed by atoms with Gasteiger partial charge in [-0.2, -0.15) is 26.3 Å². The van der Waals surface area contributed by atoms with Crippen LogP contribution in [0.5, 0.6) is 0 Å². The maximum Gasteiger partial charge on any atom is 0.416 e. The summed E-state index contributed by atoms with van der Waals surface area (Å²) in [4.78, 5) is 32.1. The number of thioether (sulfide) groups is 1. The third-order valence-corrected chi connectivity index (χ3v) is 6.77. The third kappa shape index (κ3) is 7.02. The van der Waals surface area contributed by atoms with Crippen molar-refractivity contribution in [2.75, 3.05) is 27.2 Å². The molecule has 6 nitrogen and oxygen atoms in total. The Labute approximate surface area is 208 Å². The SMILES string of the molecule is C[C@H](N=C1NC(=O)S/C1=C\C1CCN(Cc2ccc(C(F)(F)F)cc2C(F)(F)F)CC1)C(=O)N(C)C. The van der Waals surface area contributed by atoms with E-state index in [1.54, 1.807) is 25.9 Å². The quantitative estimate of drug-likeness (QED) is 0.529. The van der Waals surface area contributed by atoms with Crippen LogP contribution in [0, 0.1) is 5.92 Å². The van der Waals surface area contributed by atoms with E-state index in [9.17, 15) is 35.9 Å². The molecule has 2 aliphatic rings. The molecule has 2 aliphatic heterocycles. The fraction of sp³-hybridized carbons (Fsp3) is 0.522. The Morgan fingerprint density at radius 2 is 1.83 bits per heavy atom.